The van der Waals surface area contributed by atoms with E-state index in [0.29, 0.717) is 13.0 Å². The summed E-state index contributed by atoms with van der Waals surface area (Å²) in [6.45, 7) is 2.74. The maximum atomic E-state index is 12.4. The molecule has 1 amide bonds. The van der Waals surface area contributed by atoms with Crippen LogP contribution >= 0.6 is 0 Å². The summed E-state index contributed by atoms with van der Waals surface area (Å²) < 4.78 is 11.0. The number of rotatable bonds is 5. The van der Waals surface area contributed by atoms with Crippen LogP contribution in [-0.4, -0.2) is 59.9 Å². The minimum absolute atomic E-state index is 0.103. The normalized spacial score (nSPS) is 25.6. The Morgan fingerprint density at radius 2 is 2.10 bits per heavy atom. The summed E-state index contributed by atoms with van der Waals surface area (Å²) >= 11 is 0. The first-order valence-electron chi connectivity index (χ1n) is 7.40. The third-order valence-electron chi connectivity index (χ3n) is 3.96. The van der Waals surface area contributed by atoms with Gasteiger partial charge in [-0.15, -0.1) is 0 Å². The van der Waals surface area contributed by atoms with Crippen molar-refractivity contribution >= 4 is 11.9 Å². The second-order valence-corrected chi connectivity index (χ2v) is 5.42. The topological polar surface area (TPSA) is 76.1 Å². The van der Waals surface area contributed by atoms with Gasteiger partial charge in [0.1, 0.15) is 6.10 Å². The summed E-state index contributed by atoms with van der Waals surface area (Å²) in [4.78, 5) is 24.9. The Morgan fingerprint density at radius 3 is 2.70 bits per heavy atom. The molecule has 0 unspecified atom stereocenters. The zero-order valence-corrected chi connectivity index (χ0v) is 11.9. The molecule has 1 aliphatic carbocycles. The number of carbonyl (C=O) groups excluding carboxylic acids is 1. The van der Waals surface area contributed by atoms with Crippen molar-refractivity contribution in [2.75, 3.05) is 19.7 Å². The molecule has 20 heavy (non-hydrogen) atoms. The van der Waals surface area contributed by atoms with E-state index in [4.69, 9.17) is 14.6 Å². The lowest BCUT2D eigenvalue weighted by atomic mass is 10.2. The number of ether oxygens (including phenoxy) is 2. The van der Waals surface area contributed by atoms with Gasteiger partial charge in [-0.3, -0.25) is 4.79 Å². The Morgan fingerprint density at radius 1 is 1.40 bits per heavy atom. The predicted molar refractivity (Wildman–Crippen MR) is 71.4 cm³/mol. The van der Waals surface area contributed by atoms with Gasteiger partial charge in [0.05, 0.1) is 19.3 Å². The lowest BCUT2D eigenvalue weighted by Gasteiger charge is -2.33. The van der Waals surface area contributed by atoms with Gasteiger partial charge in [-0.1, -0.05) is 19.8 Å². The number of hydrogen-bond acceptors (Lipinski definition) is 4. The molecular formula is C14H23NO5. The summed E-state index contributed by atoms with van der Waals surface area (Å²) in [7, 11) is 0. The van der Waals surface area contributed by atoms with Crippen LogP contribution in [0.5, 0.6) is 0 Å². The van der Waals surface area contributed by atoms with Crippen LogP contribution < -0.4 is 0 Å². The number of carboxylic acid groups (broad SMARTS) is 1. The third kappa shape index (κ3) is 3.70. The van der Waals surface area contributed by atoms with Crippen molar-refractivity contribution in [2.24, 2.45) is 0 Å². The molecule has 0 aromatic heterocycles. The lowest BCUT2D eigenvalue weighted by Crippen LogP contribution is -2.52. The molecule has 0 aromatic carbocycles. The Kier molecular flexibility index (Phi) is 5.37. The number of carbonyl (C=O) groups is 2. The molecule has 2 fully saturated rings. The van der Waals surface area contributed by atoms with E-state index >= 15 is 0 Å². The second-order valence-electron chi connectivity index (χ2n) is 5.42. The molecule has 1 aliphatic heterocycles. The minimum atomic E-state index is -1.02. The van der Waals surface area contributed by atoms with Gasteiger partial charge in [0.25, 0.3) is 5.91 Å². The molecule has 6 nitrogen and oxygen atoms in total. The highest BCUT2D eigenvalue weighted by molar-refractivity contribution is 5.82. The maximum absolute atomic E-state index is 12.4. The van der Waals surface area contributed by atoms with Gasteiger partial charge in [0.2, 0.25) is 0 Å². The van der Waals surface area contributed by atoms with Crippen molar-refractivity contribution < 1.29 is 24.2 Å². The van der Waals surface area contributed by atoms with Crippen molar-refractivity contribution in [3.63, 3.8) is 0 Å². The van der Waals surface area contributed by atoms with Crippen LogP contribution in [0.15, 0.2) is 0 Å². The van der Waals surface area contributed by atoms with Gasteiger partial charge < -0.3 is 19.5 Å². The molecular weight excluding hydrogens is 262 g/mol. The van der Waals surface area contributed by atoms with Crippen LogP contribution in [-0.2, 0) is 19.1 Å². The number of aliphatic carboxylic acids is 1. The van der Waals surface area contributed by atoms with Gasteiger partial charge in [-0.25, -0.2) is 4.79 Å². The average Bonchev–Trinajstić information content (AvgIpc) is 2.97. The molecule has 6 heteroatoms. The van der Waals surface area contributed by atoms with Crippen molar-refractivity contribution in [2.45, 2.75) is 57.3 Å². The van der Waals surface area contributed by atoms with E-state index < -0.39 is 18.2 Å². The lowest BCUT2D eigenvalue weighted by molar-refractivity contribution is -0.165. The summed E-state index contributed by atoms with van der Waals surface area (Å²) in [6, 6.07) is 0. The molecule has 2 atom stereocenters. The quantitative estimate of drug-likeness (QED) is 0.816. The van der Waals surface area contributed by atoms with Gasteiger partial charge in [0, 0.05) is 6.54 Å². The maximum Gasteiger partial charge on any atom is 0.334 e. The van der Waals surface area contributed by atoms with E-state index in [1.54, 1.807) is 4.90 Å². The van der Waals surface area contributed by atoms with Crippen molar-refractivity contribution in [3.8, 4) is 0 Å². The molecule has 2 aliphatic rings. The second kappa shape index (κ2) is 7.04. The summed E-state index contributed by atoms with van der Waals surface area (Å²) in [6.07, 6.45) is 3.78. The molecule has 1 saturated heterocycles. The summed E-state index contributed by atoms with van der Waals surface area (Å²) in [5.41, 5.74) is 0. The number of nitrogens with zero attached hydrogens (tertiary/aromatic N) is 1. The molecule has 0 spiro atoms. The Balaban J connectivity index is 1.91. The van der Waals surface area contributed by atoms with Crippen molar-refractivity contribution in [1.29, 1.82) is 0 Å². The number of hydrogen-bond donors (Lipinski definition) is 1. The van der Waals surface area contributed by atoms with E-state index in [-0.39, 0.29) is 25.2 Å². The molecule has 1 saturated carbocycles. The standard InChI is InChI=1S/C14H23NO5/c1-2-11(20-10-5-3-4-6-10)13(16)15-7-8-19-12(9-15)14(17)18/h10-12H,2-9H2,1H3,(H,17,18)/t11-,12+/m0/s1. The van der Waals surface area contributed by atoms with Gasteiger partial charge in [0.15, 0.2) is 6.10 Å². The highest BCUT2D eigenvalue weighted by Gasteiger charge is 2.33. The first kappa shape index (κ1) is 15.3. The predicted octanol–water partition coefficient (Wildman–Crippen LogP) is 1.04. The van der Waals surface area contributed by atoms with Crippen LogP contribution in [0.25, 0.3) is 0 Å². The van der Waals surface area contributed by atoms with E-state index in [2.05, 4.69) is 0 Å². The SMILES string of the molecule is CC[C@H](OC1CCCC1)C(=O)N1CCO[C@@H](C(=O)O)C1. The fraction of sp³-hybridized carbons (Fsp3) is 0.857. The Hall–Kier alpha value is -1.14. The molecule has 0 aromatic rings. The molecule has 0 bridgehead atoms. The van der Waals surface area contributed by atoms with Crippen LogP contribution in [0.2, 0.25) is 0 Å². The highest BCUT2D eigenvalue weighted by atomic mass is 16.5. The first-order valence-corrected chi connectivity index (χ1v) is 7.40. The molecule has 0 radical (unpaired) electrons. The fourth-order valence-electron chi connectivity index (χ4n) is 2.79. The van der Waals surface area contributed by atoms with E-state index in [9.17, 15) is 9.59 Å². The zero-order chi connectivity index (χ0) is 14.5. The molecule has 1 heterocycles. The van der Waals surface area contributed by atoms with Gasteiger partial charge in [-0.2, -0.15) is 0 Å². The van der Waals surface area contributed by atoms with E-state index in [0.717, 1.165) is 25.7 Å². The highest BCUT2D eigenvalue weighted by Crippen LogP contribution is 2.23. The number of carboxylic acids is 1. The smallest absolute Gasteiger partial charge is 0.334 e. The largest absolute Gasteiger partial charge is 0.479 e. The van der Waals surface area contributed by atoms with E-state index in [1.165, 1.54) is 0 Å². The van der Waals surface area contributed by atoms with Gasteiger partial charge >= 0.3 is 5.97 Å². The Bertz CT molecular complexity index is 353. The summed E-state index contributed by atoms with van der Waals surface area (Å²) in [5.74, 6) is -1.12. The van der Waals surface area contributed by atoms with Gasteiger partial charge in [-0.05, 0) is 19.3 Å². The summed E-state index contributed by atoms with van der Waals surface area (Å²) in [5, 5.41) is 8.97. The molecule has 2 rings (SSSR count). The van der Waals surface area contributed by atoms with Crippen LogP contribution in [0.4, 0.5) is 0 Å². The number of amides is 1. The monoisotopic (exact) mass is 285 g/mol. The van der Waals surface area contributed by atoms with Crippen LogP contribution in [0.1, 0.15) is 39.0 Å². The van der Waals surface area contributed by atoms with Crippen LogP contribution in [0, 0.1) is 0 Å². The third-order valence-corrected chi connectivity index (χ3v) is 3.96. The van der Waals surface area contributed by atoms with Crippen LogP contribution in [0.3, 0.4) is 0 Å². The van der Waals surface area contributed by atoms with E-state index in [1.807, 2.05) is 6.92 Å². The Labute approximate surface area is 119 Å². The zero-order valence-electron chi connectivity index (χ0n) is 11.9. The molecule has 1 N–H and O–H groups in total. The first-order chi connectivity index (χ1) is 9.61. The fourth-order valence-corrected chi connectivity index (χ4v) is 2.79. The van der Waals surface area contributed by atoms with Crippen molar-refractivity contribution in [1.82, 2.24) is 4.90 Å². The van der Waals surface area contributed by atoms with Crippen molar-refractivity contribution in [3.05, 3.63) is 0 Å². The number of morpholine rings is 1. The minimum Gasteiger partial charge on any atom is -0.479 e. The average molecular weight is 285 g/mol. The molecule has 114 valence electrons.